The van der Waals surface area contributed by atoms with Crippen molar-refractivity contribution < 1.29 is 23.5 Å². The first-order valence-electron chi connectivity index (χ1n) is 13.2. The third-order valence-corrected chi connectivity index (χ3v) is 7.54. The van der Waals surface area contributed by atoms with Crippen LogP contribution >= 0.6 is 11.3 Å². The van der Waals surface area contributed by atoms with E-state index in [1.807, 2.05) is 12.3 Å². The predicted molar refractivity (Wildman–Crippen MR) is 147 cm³/mol. The Bertz CT molecular complexity index is 1060. The Balaban J connectivity index is 1.33. The van der Waals surface area contributed by atoms with Crippen molar-refractivity contribution in [2.75, 3.05) is 33.4 Å². The third kappa shape index (κ3) is 9.25. The van der Waals surface area contributed by atoms with Crippen LogP contribution in [0.3, 0.4) is 0 Å². The van der Waals surface area contributed by atoms with E-state index in [-0.39, 0.29) is 24.5 Å². The molecule has 8 nitrogen and oxygen atoms in total. The molecule has 1 unspecified atom stereocenters. The van der Waals surface area contributed by atoms with E-state index in [0.717, 1.165) is 36.6 Å². The van der Waals surface area contributed by atoms with Crippen molar-refractivity contribution in [3.8, 4) is 5.75 Å². The molecule has 1 fully saturated rings. The molecule has 0 radical (unpaired) electrons. The summed E-state index contributed by atoms with van der Waals surface area (Å²) < 4.78 is 26.3. The highest BCUT2D eigenvalue weighted by molar-refractivity contribution is 7.09. The molecule has 1 atom stereocenters. The molecule has 0 aliphatic carbocycles. The monoisotopic (exact) mass is 548 g/mol. The van der Waals surface area contributed by atoms with Gasteiger partial charge in [-0.05, 0) is 50.8 Å². The highest BCUT2D eigenvalue weighted by Gasteiger charge is 2.22. The fourth-order valence-corrected chi connectivity index (χ4v) is 4.48. The summed E-state index contributed by atoms with van der Waals surface area (Å²) in [5.74, 6) is 0.896. The number of nitrogens with zero attached hydrogens (tertiary/aromatic N) is 3. The largest absolute Gasteiger partial charge is 0.491 e. The summed E-state index contributed by atoms with van der Waals surface area (Å²) in [5, 5.41) is 2.88. The molecule has 1 aromatic heterocycles. The fraction of sp³-hybridized carbons (Fsp3) is 0.571. The maximum absolute atomic E-state index is 14.6. The number of aryl methyl sites for hydroxylation is 1. The summed E-state index contributed by atoms with van der Waals surface area (Å²) in [6.45, 7) is 15.1. The molecule has 0 bridgehead atoms. The Morgan fingerprint density at radius 3 is 2.66 bits per heavy atom. The van der Waals surface area contributed by atoms with Gasteiger partial charge in [0.05, 0.1) is 36.4 Å². The number of benzene rings is 1. The highest BCUT2D eigenvalue weighted by atomic mass is 32.1. The Morgan fingerprint density at radius 2 is 2.03 bits per heavy atom. The van der Waals surface area contributed by atoms with Crippen LogP contribution in [-0.4, -0.2) is 66.2 Å². The van der Waals surface area contributed by atoms with Gasteiger partial charge in [-0.15, -0.1) is 11.3 Å². The summed E-state index contributed by atoms with van der Waals surface area (Å²) >= 11 is 1.54. The van der Waals surface area contributed by atoms with Crippen LogP contribution in [0.15, 0.2) is 36.0 Å². The minimum Gasteiger partial charge on any atom is -0.491 e. The third-order valence-electron chi connectivity index (χ3n) is 6.72. The molecule has 2 aromatic rings. The number of ether oxygens (including phenoxy) is 2. The fourth-order valence-electron chi connectivity index (χ4n) is 3.88. The van der Waals surface area contributed by atoms with E-state index in [1.165, 1.54) is 6.07 Å². The van der Waals surface area contributed by atoms with Crippen LogP contribution in [-0.2, 0) is 27.3 Å². The first-order valence-corrected chi connectivity index (χ1v) is 14.0. The van der Waals surface area contributed by atoms with E-state index >= 15 is 0 Å². The minimum atomic E-state index is -0.457. The Kier molecular flexibility index (Phi) is 11.4. The molecular weight excluding hydrogens is 507 g/mol. The topological polar surface area (TPSA) is 76.2 Å². The number of piperidine rings is 1. The van der Waals surface area contributed by atoms with E-state index in [2.05, 4.69) is 42.7 Å². The number of hydrogen-bond acceptors (Lipinski definition) is 8. The number of nitrogens with one attached hydrogen (secondary N) is 1. The van der Waals surface area contributed by atoms with E-state index in [9.17, 15) is 9.18 Å². The van der Waals surface area contributed by atoms with Gasteiger partial charge in [0.1, 0.15) is 18.2 Å². The molecular formula is C28H41FN4O4S. The molecule has 1 aliphatic rings. The average molecular weight is 549 g/mol. The number of hydrogen-bond donors (Lipinski definition) is 1. The molecule has 2 heterocycles. The van der Waals surface area contributed by atoms with Crippen molar-refractivity contribution in [2.24, 2.45) is 5.92 Å². The van der Waals surface area contributed by atoms with Crippen LogP contribution in [0.25, 0.3) is 0 Å². The van der Waals surface area contributed by atoms with E-state index in [0.29, 0.717) is 42.9 Å². The van der Waals surface area contributed by atoms with E-state index < -0.39 is 5.82 Å². The summed E-state index contributed by atoms with van der Waals surface area (Å²) in [6, 6.07) is 4.86. The van der Waals surface area contributed by atoms with Crippen molar-refractivity contribution in [2.45, 2.75) is 65.6 Å². The number of carbonyl (C=O) groups is 1. The van der Waals surface area contributed by atoms with Crippen LogP contribution in [0.5, 0.6) is 5.75 Å². The van der Waals surface area contributed by atoms with Gasteiger partial charge >= 0.3 is 0 Å². The van der Waals surface area contributed by atoms with Crippen molar-refractivity contribution in [1.29, 1.82) is 0 Å². The summed E-state index contributed by atoms with van der Waals surface area (Å²) in [4.78, 5) is 26.2. The maximum atomic E-state index is 14.6. The number of likely N-dealkylation sites (N-methyl/N-ethyl adjacent to an activating group) is 1. The molecule has 1 saturated heterocycles. The zero-order chi connectivity index (χ0) is 27.7. The van der Waals surface area contributed by atoms with Crippen LogP contribution in [0.4, 0.5) is 4.39 Å². The van der Waals surface area contributed by atoms with Gasteiger partial charge in [0.15, 0.2) is 0 Å². The molecule has 1 amide bonds. The van der Waals surface area contributed by atoms with Crippen LogP contribution in [0, 0.1) is 18.7 Å². The number of amides is 1. The Morgan fingerprint density at radius 1 is 1.29 bits per heavy atom. The first kappa shape index (κ1) is 29.9. The smallest absolute Gasteiger partial charge is 0.227 e. The Hall–Kier alpha value is -2.69. The molecule has 0 spiro atoms. The first-order chi connectivity index (χ1) is 18.1. The van der Waals surface area contributed by atoms with Crippen molar-refractivity contribution in [1.82, 2.24) is 20.3 Å². The molecule has 10 heteroatoms. The lowest BCUT2D eigenvalue weighted by Crippen LogP contribution is -2.40. The maximum Gasteiger partial charge on any atom is 0.227 e. The zero-order valence-electron chi connectivity index (χ0n) is 23.2. The lowest BCUT2D eigenvalue weighted by Gasteiger charge is -2.34. The predicted octanol–water partition coefficient (Wildman–Crippen LogP) is 4.69. The van der Waals surface area contributed by atoms with Crippen LogP contribution in [0.1, 0.15) is 49.9 Å². The second-order valence-electron chi connectivity index (χ2n) is 10.1. The Labute approximate surface area is 229 Å². The highest BCUT2D eigenvalue weighted by Crippen LogP contribution is 2.20. The van der Waals surface area contributed by atoms with Gasteiger partial charge in [-0.25, -0.2) is 9.37 Å². The molecule has 1 aromatic carbocycles. The number of aromatic nitrogens is 1. The summed E-state index contributed by atoms with van der Waals surface area (Å²) in [6.07, 6.45) is 1.87. The minimum absolute atomic E-state index is 0.0161. The number of halogens is 1. The molecule has 38 heavy (non-hydrogen) atoms. The summed E-state index contributed by atoms with van der Waals surface area (Å²) in [5.41, 5.74) is 4.22. The van der Waals surface area contributed by atoms with Crippen LogP contribution in [0.2, 0.25) is 0 Å². The average Bonchev–Trinajstić information content (AvgIpc) is 3.30. The second-order valence-corrected chi connectivity index (χ2v) is 11.2. The lowest BCUT2D eigenvalue weighted by atomic mass is 10.1. The quantitative estimate of drug-likeness (QED) is 0.209. The van der Waals surface area contributed by atoms with Crippen molar-refractivity contribution in [3.05, 3.63) is 58.1 Å². The van der Waals surface area contributed by atoms with Gasteiger partial charge in [0.25, 0.3) is 0 Å². The number of carbonyl (C=O) groups excluding carboxylic acids is 1. The van der Waals surface area contributed by atoms with Gasteiger partial charge in [-0.3, -0.25) is 4.79 Å². The molecule has 0 saturated carbocycles. The van der Waals surface area contributed by atoms with Crippen molar-refractivity contribution in [3.63, 3.8) is 0 Å². The summed E-state index contributed by atoms with van der Waals surface area (Å²) in [7, 11) is 1.70. The van der Waals surface area contributed by atoms with Gasteiger partial charge in [-0.1, -0.05) is 19.9 Å². The van der Waals surface area contributed by atoms with Crippen molar-refractivity contribution >= 4 is 17.2 Å². The van der Waals surface area contributed by atoms with E-state index in [4.69, 9.17) is 14.3 Å². The van der Waals surface area contributed by atoms with E-state index in [1.54, 1.807) is 35.4 Å². The molecule has 1 N–H and O–H groups in total. The second kappa shape index (κ2) is 14.5. The van der Waals surface area contributed by atoms with Crippen LogP contribution < -0.4 is 10.2 Å². The number of rotatable bonds is 14. The van der Waals surface area contributed by atoms with Gasteiger partial charge in [-0.2, -0.15) is 5.48 Å². The standard InChI is InChI=1S/C28H41FN4O4S/c1-19(2)20(3)31-37-22(5)33-11-9-25(10-12-33)35-13-14-36-26-8-7-23(27(29)16-26)15-28(34)32(6)17-24-18-38-21(4)30-24/h7-8,16,18-20,25,31H,5,9-15,17H2,1-4,6H3. The van der Waals surface area contributed by atoms with Gasteiger partial charge in [0, 0.05) is 37.6 Å². The van der Waals surface area contributed by atoms with Gasteiger partial charge < -0.3 is 24.1 Å². The molecule has 3 rings (SSSR count). The zero-order valence-corrected chi connectivity index (χ0v) is 24.0. The van der Waals surface area contributed by atoms with Gasteiger partial charge in [0.2, 0.25) is 11.8 Å². The SMILES string of the molecule is C=C(ONC(C)C(C)C)N1CCC(OCCOc2ccc(CC(=O)N(C)Cc3csc(C)n3)c(F)c2)CC1. The molecule has 1 aliphatic heterocycles. The number of likely N-dealkylation sites (tertiary alicyclic amines) is 1. The lowest BCUT2D eigenvalue weighted by molar-refractivity contribution is -0.129. The number of thiazole rings is 1. The molecule has 210 valence electrons. The number of hydroxylamine groups is 1. The normalized spacial score (nSPS) is 15.0.